The number of hydrogen-bond donors (Lipinski definition) is 0. The van der Waals surface area contributed by atoms with Gasteiger partial charge in [-0.25, -0.2) is 9.78 Å². The van der Waals surface area contributed by atoms with Crippen molar-refractivity contribution in [3.63, 3.8) is 0 Å². The van der Waals surface area contributed by atoms with Crippen LogP contribution < -0.4 is 0 Å². The lowest BCUT2D eigenvalue weighted by molar-refractivity contribution is -0.136. The summed E-state index contributed by atoms with van der Waals surface area (Å²) >= 11 is 1.52. The Bertz CT molecular complexity index is 451. The van der Waals surface area contributed by atoms with E-state index >= 15 is 0 Å². The minimum Gasteiger partial charge on any atom is -0.466 e. The fourth-order valence-electron chi connectivity index (χ4n) is 1.41. The summed E-state index contributed by atoms with van der Waals surface area (Å²) in [4.78, 5) is 21.6. The van der Waals surface area contributed by atoms with E-state index in [2.05, 4.69) is 14.7 Å². The van der Waals surface area contributed by atoms with E-state index in [0.29, 0.717) is 12.1 Å². The van der Waals surface area contributed by atoms with Crippen LogP contribution in [0.2, 0.25) is 0 Å². The summed E-state index contributed by atoms with van der Waals surface area (Å²) in [5.41, 5.74) is 0.547. The number of carbonyl (C=O) groups excluding carboxylic acids is 1. The molecule has 0 spiro atoms. The maximum atomic E-state index is 11.3. The molecule has 6 heteroatoms. The van der Waals surface area contributed by atoms with Gasteiger partial charge in [0.25, 0.3) is 0 Å². The average molecular weight is 237 g/mol. The minimum absolute atomic E-state index is 0.339. The van der Waals surface area contributed by atoms with Gasteiger partial charge in [0.15, 0.2) is 10.8 Å². The van der Waals surface area contributed by atoms with Gasteiger partial charge in [0.2, 0.25) is 0 Å². The molecule has 0 radical (unpaired) electrons. The molecule has 0 aromatic carbocycles. The molecule has 16 heavy (non-hydrogen) atoms. The van der Waals surface area contributed by atoms with Crippen molar-refractivity contribution < 1.29 is 9.53 Å². The van der Waals surface area contributed by atoms with Crippen molar-refractivity contribution in [1.29, 1.82) is 0 Å². The van der Waals surface area contributed by atoms with Gasteiger partial charge >= 0.3 is 5.97 Å². The van der Waals surface area contributed by atoms with Gasteiger partial charge in [0, 0.05) is 24.8 Å². The summed E-state index contributed by atoms with van der Waals surface area (Å²) in [6, 6.07) is 0. The van der Waals surface area contributed by atoms with Crippen molar-refractivity contribution >= 4 is 23.1 Å². The zero-order valence-corrected chi connectivity index (χ0v) is 9.82. The quantitative estimate of drug-likeness (QED) is 0.717. The molecule has 2 heterocycles. The molecule has 1 aliphatic rings. The van der Waals surface area contributed by atoms with Crippen LogP contribution in [0.15, 0.2) is 28.3 Å². The predicted molar refractivity (Wildman–Crippen MR) is 61.4 cm³/mol. The molecule has 0 aliphatic carbocycles. The molecular formula is C10H11N3O2S. The van der Waals surface area contributed by atoms with E-state index in [0.717, 1.165) is 10.8 Å². The summed E-state index contributed by atoms with van der Waals surface area (Å²) in [5.74, 6) is 0.441. The number of aromatic nitrogens is 1. The minimum atomic E-state index is -0.339. The number of esters is 1. The third-order valence-electron chi connectivity index (χ3n) is 2.15. The van der Waals surface area contributed by atoms with Gasteiger partial charge < -0.3 is 9.64 Å². The summed E-state index contributed by atoms with van der Waals surface area (Å²) in [6.45, 7) is 0.339. The Kier molecular flexibility index (Phi) is 3.00. The normalized spacial score (nSPS) is 15.5. The van der Waals surface area contributed by atoms with Gasteiger partial charge in [-0.3, -0.25) is 4.99 Å². The molecule has 0 saturated heterocycles. The van der Waals surface area contributed by atoms with Crippen LogP contribution >= 0.6 is 11.3 Å². The second-order valence-electron chi connectivity index (χ2n) is 3.23. The summed E-state index contributed by atoms with van der Waals surface area (Å²) in [6.07, 6.45) is 3.46. The molecule has 1 aromatic heterocycles. The summed E-state index contributed by atoms with van der Waals surface area (Å²) in [7, 11) is 3.20. The van der Waals surface area contributed by atoms with Gasteiger partial charge in [0.05, 0.1) is 19.2 Å². The van der Waals surface area contributed by atoms with Crippen LogP contribution in [0.25, 0.3) is 0 Å². The Morgan fingerprint density at radius 1 is 1.62 bits per heavy atom. The number of ether oxygens (including phenoxy) is 1. The molecular weight excluding hydrogens is 226 g/mol. The number of hydrogen-bond acceptors (Lipinski definition) is 6. The second-order valence-corrected chi connectivity index (χ2v) is 4.13. The molecule has 0 atom stereocenters. The zero-order chi connectivity index (χ0) is 11.5. The maximum absolute atomic E-state index is 11.3. The summed E-state index contributed by atoms with van der Waals surface area (Å²) in [5, 5.41) is 2.74. The standard InChI is InChI=1S/C10H11N3O2S/c1-13-6-7(10(14)15-2)5-12-8(13)9-11-3-4-16-9/h3-4,6H,5H2,1-2H3. The Balaban J connectivity index is 2.19. The molecule has 0 saturated carbocycles. The first-order valence-electron chi connectivity index (χ1n) is 4.68. The number of amidine groups is 1. The smallest absolute Gasteiger partial charge is 0.337 e. The average Bonchev–Trinajstić information content (AvgIpc) is 2.81. The molecule has 84 valence electrons. The Hall–Kier alpha value is -1.69. The number of aliphatic imine (C=N–C) groups is 1. The lowest BCUT2D eigenvalue weighted by Crippen LogP contribution is -2.28. The molecule has 5 nitrogen and oxygen atoms in total. The van der Waals surface area contributed by atoms with E-state index in [9.17, 15) is 4.79 Å². The van der Waals surface area contributed by atoms with Crippen LogP contribution in [0, 0.1) is 0 Å². The van der Waals surface area contributed by atoms with Gasteiger partial charge in [-0.1, -0.05) is 0 Å². The Morgan fingerprint density at radius 3 is 3.00 bits per heavy atom. The van der Waals surface area contributed by atoms with E-state index < -0.39 is 0 Å². The molecule has 2 rings (SSSR count). The van der Waals surface area contributed by atoms with Crippen molar-refractivity contribution in [3.8, 4) is 0 Å². The fraction of sp³-hybridized carbons (Fsp3) is 0.300. The van der Waals surface area contributed by atoms with Crippen molar-refractivity contribution in [2.24, 2.45) is 4.99 Å². The van der Waals surface area contributed by atoms with Crippen LogP contribution in [0.3, 0.4) is 0 Å². The topological polar surface area (TPSA) is 54.8 Å². The van der Waals surface area contributed by atoms with Crippen LogP contribution in [0.4, 0.5) is 0 Å². The SMILES string of the molecule is COC(=O)C1=CN(C)C(c2nccs2)=NC1. The largest absolute Gasteiger partial charge is 0.466 e. The molecule has 0 fully saturated rings. The van der Waals surface area contributed by atoms with Crippen molar-refractivity contribution in [3.05, 3.63) is 28.4 Å². The van der Waals surface area contributed by atoms with E-state index in [1.807, 2.05) is 12.4 Å². The molecule has 1 aliphatic heterocycles. The van der Waals surface area contributed by atoms with Crippen LogP contribution in [-0.4, -0.2) is 42.4 Å². The molecule has 0 unspecified atom stereocenters. The number of nitrogens with zero attached hydrogens (tertiary/aromatic N) is 3. The molecule has 0 bridgehead atoms. The number of rotatable bonds is 2. The van der Waals surface area contributed by atoms with Crippen molar-refractivity contribution in [2.45, 2.75) is 0 Å². The first-order valence-corrected chi connectivity index (χ1v) is 5.56. The molecule has 0 N–H and O–H groups in total. The van der Waals surface area contributed by atoms with Crippen LogP contribution in [0.5, 0.6) is 0 Å². The van der Waals surface area contributed by atoms with E-state index in [1.54, 1.807) is 17.3 Å². The van der Waals surface area contributed by atoms with Gasteiger partial charge in [0.1, 0.15) is 0 Å². The highest BCUT2D eigenvalue weighted by Crippen LogP contribution is 2.15. The van der Waals surface area contributed by atoms with Gasteiger partial charge in [-0.2, -0.15) is 0 Å². The number of carbonyl (C=O) groups is 1. The van der Waals surface area contributed by atoms with E-state index in [1.165, 1.54) is 18.4 Å². The molecule has 0 amide bonds. The summed E-state index contributed by atoms with van der Waals surface area (Å²) < 4.78 is 4.65. The van der Waals surface area contributed by atoms with Gasteiger partial charge in [-0.15, -0.1) is 11.3 Å². The first-order chi connectivity index (χ1) is 7.72. The van der Waals surface area contributed by atoms with Crippen LogP contribution in [-0.2, 0) is 9.53 Å². The second kappa shape index (κ2) is 4.44. The highest BCUT2D eigenvalue weighted by molar-refractivity contribution is 7.11. The Labute approximate surface area is 97.1 Å². The van der Waals surface area contributed by atoms with Crippen LogP contribution in [0.1, 0.15) is 5.01 Å². The first kappa shape index (κ1) is 10.8. The highest BCUT2D eigenvalue weighted by atomic mass is 32.1. The lowest BCUT2D eigenvalue weighted by Gasteiger charge is -2.20. The van der Waals surface area contributed by atoms with Crippen molar-refractivity contribution in [1.82, 2.24) is 9.88 Å². The number of methoxy groups -OCH3 is 1. The van der Waals surface area contributed by atoms with E-state index in [-0.39, 0.29) is 5.97 Å². The van der Waals surface area contributed by atoms with Crippen molar-refractivity contribution in [2.75, 3.05) is 20.7 Å². The van der Waals surface area contributed by atoms with E-state index in [4.69, 9.17) is 0 Å². The van der Waals surface area contributed by atoms with Gasteiger partial charge in [-0.05, 0) is 0 Å². The lowest BCUT2D eigenvalue weighted by atomic mass is 10.2. The monoisotopic (exact) mass is 237 g/mol. The predicted octanol–water partition coefficient (Wildman–Crippen LogP) is 0.892. The third-order valence-corrected chi connectivity index (χ3v) is 2.92. The number of thiazole rings is 1. The highest BCUT2D eigenvalue weighted by Gasteiger charge is 2.19. The fourth-order valence-corrected chi connectivity index (χ4v) is 2.09. The third kappa shape index (κ3) is 1.96. The maximum Gasteiger partial charge on any atom is 0.337 e. The Morgan fingerprint density at radius 2 is 2.44 bits per heavy atom. The molecule has 1 aromatic rings. The zero-order valence-electron chi connectivity index (χ0n) is 9.01.